The van der Waals surface area contributed by atoms with Crippen molar-refractivity contribution in [3.8, 4) is 11.8 Å². The molecular formula is C10H9BrN2O2. The van der Waals surface area contributed by atoms with Crippen molar-refractivity contribution >= 4 is 27.5 Å². The zero-order chi connectivity index (χ0) is 11.1. The fraction of sp³-hybridized carbons (Fsp3) is 0.200. The Morgan fingerprint density at radius 2 is 2.40 bits per heavy atom. The smallest absolute Gasteiger partial charge is 0.235 e. The van der Waals surface area contributed by atoms with Gasteiger partial charge in [0.1, 0.15) is 11.8 Å². The van der Waals surface area contributed by atoms with E-state index in [-0.39, 0.29) is 17.8 Å². The minimum Gasteiger partial charge on any atom is -0.479 e. The Bertz CT molecular complexity index is 387. The Balaban J connectivity index is 2.66. The summed E-state index contributed by atoms with van der Waals surface area (Å²) in [5.41, 5.74) is 0.648. The summed E-state index contributed by atoms with van der Waals surface area (Å²) in [6.07, 6.45) is 0. The van der Waals surface area contributed by atoms with E-state index in [0.717, 1.165) is 0 Å². The first kappa shape index (κ1) is 11.5. The number of anilines is 1. The average Bonchev–Trinajstić information content (AvgIpc) is 2.26. The van der Waals surface area contributed by atoms with Gasteiger partial charge >= 0.3 is 0 Å². The molecule has 0 fully saturated rings. The van der Waals surface area contributed by atoms with Gasteiger partial charge in [-0.1, -0.05) is 22.0 Å². The molecule has 1 aromatic rings. The van der Waals surface area contributed by atoms with Crippen LogP contribution >= 0.6 is 15.9 Å². The lowest BCUT2D eigenvalue weighted by Crippen LogP contribution is -2.12. The number of halogens is 1. The summed E-state index contributed by atoms with van der Waals surface area (Å²) in [4.78, 5) is 11.1. The standard InChI is InChI=1S/C10H9BrN2O2/c11-7-10(14)13-8-2-1-3-9(6-8)15-5-4-12/h1-3,6H,5,7H2,(H,13,14). The van der Waals surface area contributed by atoms with Crippen molar-refractivity contribution in [1.82, 2.24) is 0 Å². The van der Waals surface area contributed by atoms with Crippen LogP contribution in [0.5, 0.6) is 5.75 Å². The zero-order valence-corrected chi connectivity index (χ0v) is 9.45. The highest BCUT2D eigenvalue weighted by Gasteiger charge is 2.00. The number of ether oxygens (including phenoxy) is 1. The molecule has 0 saturated carbocycles. The van der Waals surface area contributed by atoms with Gasteiger partial charge in [0.25, 0.3) is 0 Å². The Kier molecular flexibility index (Phi) is 4.64. The van der Waals surface area contributed by atoms with Crippen molar-refractivity contribution in [2.24, 2.45) is 0 Å². The predicted molar refractivity (Wildman–Crippen MR) is 60.0 cm³/mol. The van der Waals surface area contributed by atoms with Crippen LogP contribution in [0.25, 0.3) is 0 Å². The highest BCUT2D eigenvalue weighted by molar-refractivity contribution is 9.09. The minimum atomic E-state index is -0.132. The molecule has 0 heterocycles. The van der Waals surface area contributed by atoms with Gasteiger partial charge in [0.2, 0.25) is 5.91 Å². The molecule has 5 heteroatoms. The molecule has 15 heavy (non-hydrogen) atoms. The van der Waals surface area contributed by atoms with E-state index < -0.39 is 0 Å². The van der Waals surface area contributed by atoms with Gasteiger partial charge in [-0.15, -0.1) is 0 Å². The van der Waals surface area contributed by atoms with E-state index in [1.807, 2.05) is 6.07 Å². The van der Waals surface area contributed by atoms with Gasteiger partial charge < -0.3 is 10.1 Å². The Hall–Kier alpha value is -1.54. The monoisotopic (exact) mass is 268 g/mol. The molecule has 1 amide bonds. The predicted octanol–water partition coefficient (Wildman–Crippen LogP) is 1.92. The van der Waals surface area contributed by atoms with Crippen LogP contribution in [0.4, 0.5) is 5.69 Å². The molecule has 4 nitrogen and oxygen atoms in total. The topological polar surface area (TPSA) is 62.1 Å². The second-order valence-electron chi connectivity index (χ2n) is 2.66. The number of nitriles is 1. The molecule has 1 aromatic carbocycles. The maximum absolute atomic E-state index is 11.1. The van der Waals surface area contributed by atoms with E-state index in [4.69, 9.17) is 10.00 Å². The highest BCUT2D eigenvalue weighted by atomic mass is 79.9. The van der Waals surface area contributed by atoms with E-state index in [9.17, 15) is 4.79 Å². The molecule has 0 aromatic heterocycles. The summed E-state index contributed by atoms with van der Waals surface area (Å²) < 4.78 is 5.09. The maximum atomic E-state index is 11.1. The molecule has 0 saturated heterocycles. The molecule has 0 atom stereocenters. The molecule has 1 N–H and O–H groups in total. The lowest BCUT2D eigenvalue weighted by atomic mass is 10.3. The third-order valence-electron chi connectivity index (χ3n) is 1.54. The van der Waals surface area contributed by atoms with Crippen LogP contribution in [0.15, 0.2) is 24.3 Å². The number of benzene rings is 1. The molecule has 0 aliphatic rings. The number of hydrogen-bond donors (Lipinski definition) is 1. The molecule has 0 unspecified atom stereocenters. The number of rotatable bonds is 4. The second kappa shape index (κ2) is 6.04. The number of carbonyl (C=O) groups is 1. The second-order valence-corrected chi connectivity index (χ2v) is 3.22. The first-order valence-corrected chi connectivity index (χ1v) is 5.34. The van der Waals surface area contributed by atoms with E-state index in [2.05, 4.69) is 21.2 Å². The summed E-state index contributed by atoms with van der Waals surface area (Å²) >= 11 is 3.05. The number of nitrogens with one attached hydrogen (secondary N) is 1. The van der Waals surface area contributed by atoms with Gasteiger partial charge in [0.05, 0.1) is 5.33 Å². The van der Waals surface area contributed by atoms with Crippen LogP contribution in [0.3, 0.4) is 0 Å². The molecule has 0 aliphatic carbocycles. The van der Waals surface area contributed by atoms with E-state index in [1.165, 1.54) is 0 Å². The Labute approximate surface area is 96.0 Å². The quantitative estimate of drug-likeness (QED) is 0.849. The van der Waals surface area contributed by atoms with Crippen LogP contribution in [0.2, 0.25) is 0 Å². The number of hydrogen-bond acceptors (Lipinski definition) is 3. The normalized spacial score (nSPS) is 9.07. The SMILES string of the molecule is N#CCOc1cccc(NC(=O)CBr)c1. The summed E-state index contributed by atoms with van der Waals surface area (Å²) in [7, 11) is 0. The van der Waals surface area contributed by atoms with Crippen molar-refractivity contribution in [1.29, 1.82) is 5.26 Å². The van der Waals surface area contributed by atoms with E-state index >= 15 is 0 Å². The third-order valence-corrected chi connectivity index (χ3v) is 2.05. The molecular weight excluding hydrogens is 260 g/mol. The molecule has 0 aliphatic heterocycles. The van der Waals surface area contributed by atoms with Crippen LogP contribution in [-0.2, 0) is 4.79 Å². The van der Waals surface area contributed by atoms with Crippen molar-refractivity contribution in [3.63, 3.8) is 0 Å². The minimum absolute atomic E-state index is 0.00412. The van der Waals surface area contributed by atoms with Crippen LogP contribution in [0.1, 0.15) is 0 Å². The van der Waals surface area contributed by atoms with Gasteiger partial charge in [0.15, 0.2) is 6.61 Å². The van der Waals surface area contributed by atoms with Gasteiger partial charge in [-0.2, -0.15) is 5.26 Å². The summed E-state index contributed by atoms with van der Waals surface area (Å²) in [5.74, 6) is 0.427. The summed E-state index contributed by atoms with van der Waals surface area (Å²) in [6, 6.07) is 8.75. The largest absolute Gasteiger partial charge is 0.479 e. The van der Waals surface area contributed by atoms with Gasteiger partial charge in [-0.05, 0) is 12.1 Å². The number of nitrogens with zero attached hydrogens (tertiary/aromatic N) is 1. The Morgan fingerprint density at radius 1 is 1.60 bits per heavy atom. The number of alkyl halides is 1. The number of carbonyl (C=O) groups excluding carboxylic acids is 1. The van der Waals surface area contributed by atoms with Crippen molar-refractivity contribution in [2.45, 2.75) is 0 Å². The van der Waals surface area contributed by atoms with Gasteiger partial charge in [-0.3, -0.25) is 4.79 Å². The third kappa shape index (κ3) is 4.00. The first-order valence-electron chi connectivity index (χ1n) is 4.22. The molecule has 1 rings (SSSR count). The van der Waals surface area contributed by atoms with Crippen molar-refractivity contribution in [3.05, 3.63) is 24.3 Å². The first-order chi connectivity index (χ1) is 7.26. The molecule has 0 radical (unpaired) electrons. The summed E-state index contributed by atoms with van der Waals surface area (Å²) in [6.45, 7) is -0.00412. The van der Waals surface area contributed by atoms with Crippen LogP contribution < -0.4 is 10.1 Å². The van der Waals surface area contributed by atoms with Crippen LogP contribution in [-0.4, -0.2) is 17.8 Å². The molecule has 78 valence electrons. The van der Waals surface area contributed by atoms with Gasteiger partial charge in [-0.25, -0.2) is 0 Å². The van der Waals surface area contributed by atoms with E-state index in [0.29, 0.717) is 11.4 Å². The van der Waals surface area contributed by atoms with Crippen molar-refractivity contribution < 1.29 is 9.53 Å². The van der Waals surface area contributed by atoms with Gasteiger partial charge in [0, 0.05) is 11.8 Å². The number of amides is 1. The van der Waals surface area contributed by atoms with Crippen LogP contribution in [0, 0.1) is 11.3 Å². The lowest BCUT2D eigenvalue weighted by Gasteiger charge is -2.05. The lowest BCUT2D eigenvalue weighted by molar-refractivity contribution is -0.113. The highest BCUT2D eigenvalue weighted by Crippen LogP contribution is 2.17. The fourth-order valence-corrected chi connectivity index (χ4v) is 1.11. The van der Waals surface area contributed by atoms with E-state index in [1.54, 1.807) is 24.3 Å². The Morgan fingerprint density at radius 3 is 3.07 bits per heavy atom. The zero-order valence-electron chi connectivity index (χ0n) is 7.87. The average molecular weight is 269 g/mol. The fourth-order valence-electron chi connectivity index (χ4n) is 0.974. The molecule has 0 bridgehead atoms. The maximum Gasteiger partial charge on any atom is 0.235 e. The molecule has 0 spiro atoms. The summed E-state index contributed by atoms with van der Waals surface area (Å²) in [5, 5.41) is 11.2. The van der Waals surface area contributed by atoms with Crippen molar-refractivity contribution in [2.75, 3.05) is 17.3 Å².